The molecule has 3 aromatic carbocycles. The fraction of sp³-hybridized carbons (Fsp3) is 0. The summed E-state index contributed by atoms with van der Waals surface area (Å²) in [4.78, 5) is 49.0. The summed E-state index contributed by atoms with van der Waals surface area (Å²) in [5, 5.41) is 13.5. The summed E-state index contributed by atoms with van der Waals surface area (Å²) < 4.78 is 0. The van der Waals surface area contributed by atoms with Gasteiger partial charge in [-0.1, -0.05) is 35.3 Å². The quantitative estimate of drug-likeness (QED) is 0.339. The second-order valence-corrected chi connectivity index (χ2v) is 7.35. The van der Waals surface area contributed by atoms with E-state index in [2.05, 4.69) is 5.32 Å². The van der Waals surface area contributed by atoms with Crippen LogP contribution in [0.3, 0.4) is 0 Å². The first-order valence-corrected chi connectivity index (χ1v) is 9.56. The molecular formula is C21H11Cl2N3O5. The van der Waals surface area contributed by atoms with E-state index in [9.17, 15) is 24.5 Å². The van der Waals surface area contributed by atoms with E-state index >= 15 is 0 Å². The Hall–Kier alpha value is -3.75. The standard InChI is InChI=1S/C21H11Cl2N3O5/c22-15-7-5-11(9-18(15)26(30)31)19(27)24-17-8-6-12(10-16(17)23)25-20(28)13-3-1-2-4-14(13)21(25)29/h1-10H,(H,24,27). The molecule has 0 saturated carbocycles. The van der Waals surface area contributed by atoms with Gasteiger partial charge in [0.15, 0.2) is 0 Å². The van der Waals surface area contributed by atoms with Gasteiger partial charge in [-0.05, 0) is 42.5 Å². The number of carbonyl (C=O) groups excluding carboxylic acids is 3. The number of hydrogen-bond donors (Lipinski definition) is 1. The molecule has 1 N–H and O–H groups in total. The second-order valence-electron chi connectivity index (χ2n) is 6.53. The van der Waals surface area contributed by atoms with E-state index in [0.717, 1.165) is 11.0 Å². The molecule has 1 aliphatic rings. The van der Waals surface area contributed by atoms with Crippen molar-refractivity contribution in [3.05, 3.63) is 97.5 Å². The third-order valence-electron chi connectivity index (χ3n) is 4.66. The lowest BCUT2D eigenvalue weighted by Gasteiger charge is -2.16. The van der Waals surface area contributed by atoms with E-state index in [0.29, 0.717) is 11.1 Å². The number of halogens is 2. The molecule has 10 heteroatoms. The molecule has 0 saturated heterocycles. The first kappa shape index (κ1) is 20.5. The number of carbonyl (C=O) groups is 3. The van der Waals surface area contributed by atoms with E-state index in [1.165, 1.54) is 30.3 Å². The van der Waals surface area contributed by atoms with Crippen LogP contribution in [-0.4, -0.2) is 22.6 Å². The molecule has 0 fully saturated rings. The molecule has 0 spiro atoms. The lowest BCUT2D eigenvalue weighted by molar-refractivity contribution is -0.384. The molecule has 4 rings (SSSR count). The fourth-order valence-corrected chi connectivity index (χ4v) is 3.57. The van der Waals surface area contributed by atoms with Crippen molar-refractivity contribution in [3.8, 4) is 0 Å². The lowest BCUT2D eigenvalue weighted by atomic mass is 10.1. The summed E-state index contributed by atoms with van der Waals surface area (Å²) in [6.45, 7) is 0. The van der Waals surface area contributed by atoms with Gasteiger partial charge in [0.25, 0.3) is 23.4 Å². The smallest absolute Gasteiger partial charge is 0.288 e. The van der Waals surface area contributed by atoms with E-state index in [4.69, 9.17) is 23.2 Å². The highest BCUT2D eigenvalue weighted by molar-refractivity contribution is 6.37. The Kier molecular flexibility index (Phi) is 5.18. The third kappa shape index (κ3) is 3.63. The molecule has 3 amide bonds. The van der Waals surface area contributed by atoms with Crippen molar-refractivity contribution in [1.82, 2.24) is 0 Å². The van der Waals surface area contributed by atoms with Crippen LogP contribution in [0.2, 0.25) is 10.0 Å². The van der Waals surface area contributed by atoms with E-state index in [1.54, 1.807) is 24.3 Å². The van der Waals surface area contributed by atoms with Gasteiger partial charge in [0, 0.05) is 11.6 Å². The molecule has 8 nitrogen and oxygen atoms in total. The largest absolute Gasteiger partial charge is 0.321 e. The van der Waals surface area contributed by atoms with Crippen molar-refractivity contribution in [1.29, 1.82) is 0 Å². The fourth-order valence-electron chi connectivity index (χ4n) is 3.16. The predicted octanol–water partition coefficient (Wildman–Crippen LogP) is 4.95. The molecule has 1 heterocycles. The van der Waals surface area contributed by atoms with Crippen LogP contribution in [0, 0.1) is 10.1 Å². The molecular weight excluding hydrogens is 445 g/mol. The second kappa shape index (κ2) is 7.82. The number of nitrogens with zero attached hydrogens (tertiary/aromatic N) is 2. The topological polar surface area (TPSA) is 110 Å². The van der Waals surface area contributed by atoms with Gasteiger partial charge < -0.3 is 5.32 Å². The monoisotopic (exact) mass is 455 g/mol. The van der Waals surface area contributed by atoms with E-state index in [-0.39, 0.29) is 27.0 Å². The average molecular weight is 456 g/mol. The summed E-state index contributed by atoms with van der Waals surface area (Å²) in [5.41, 5.74) is 0.648. The number of amides is 3. The highest BCUT2D eigenvalue weighted by Crippen LogP contribution is 2.33. The van der Waals surface area contributed by atoms with Crippen LogP contribution in [0.5, 0.6) is 0 Å². The van der Waals surface area contributed by atoms with Crippen LogP contribution in [0.25, 0.3) is 0 Å². The molecule has 1 aliphatic heterocycles. The highest BCUT2D eigenvalue weighted by atomic mass is 35.5. The van der Waals surface area contributed by atoms with Crippen molar-refractivity contribution in [2.75, 3.05) is 10.2 Å². The van der Waals surface area contributed by atoms with Gasteiger partial charge >= 0.3 is 0 Å². The zero-order valence-electron chi connectivity index (χ0n) is 15.5. The van der Waals surface area contributed by atoms with Gasteiger partial charge in [-0.25, -0.2) is 4.90 Å². The van der Waals surface area contributed by atoms with E-state index < -0.39 is 28.3 Å². The van der Waals surface area contributed by atoms with Gasteiger partial charge in [-0.2, -0.15) is 0 Å². The SMILES string of the molecule is O=C(Nc1ccc(N2C(=O)c3ccccc3C2=O)cc1Cl)c1ccc(Cl)c([N+](=O)[O-])c1. The van der Waals surface area contributed by atoms with Gasteiger partial charge in [-0.3, -0.25) is 24.5 Å². The Bertz CT molecular complexity index is 1260. The Balaban J connectivity index is 1.59. The number of rotatable bonds is 4. The molecule has 3 aromatic rings. The number of anilines is 2. The van der Waals surface area contributed by atoms with Crippen molar-refractivity contribution in [2.24, 2.45) is 0 Å². The van der Waals surface area contributed by atoms with Crippen LogP contribution >= 0.6 is 23.2 Å². The zero-order chi connectivity index (χ0) is 22.3. The first-order chi connectivity index (χ1) is 14.8. The van der Waals surface area contributed by atoms with Crippen molar-refractivity contribution >= 4 is 58.0 Å². The molecule has 0 atom stereocenters. The van der Waals surface area contributed by atoms with Crippen LogP contribution in [0.15, 0.2) is 60.7 Å². The van der Waals surface area contributed by atoms with Crippen molar-refractivity contribution < 1.29 is 19.3 Å². The number of nitrogens with one attached hydrogen (secondary N) is 1. The number of hydrogen-bond acceptors (Lipinski definition) is 5. The summed E-state index contributed by atoms with van der Waals surface area (Å²) in [7, 11) is 0. The lowest BCUT2D eigenvalue weighted by Crippen LogP contribution is -2.29. The molecule has 154 valence electrons. The zero-order valence-corrected chi connectivity index (χ0v) is 17.0. The molecule has 0 aromatic heterocycles. The summed E-state index contributed by atoms with van der Waals surface area (Å²) in [6.07, 6.45) is 0. The Morgan fingerprint density at radius 2 is 1.55 bits per heavy atom. The van der Waals surface area contributed by atoms with Crippen molar-refractivity contribution in [2.45, 2.75) is 0 Å². The molecule has 0 aliphatic carbocycles. The Morgan fingerprint density at radius 1 is 0.903 bits per heavy atom. The molecule has 0 bridgehead atoms. The Morgan fingerprint density at radius 3 is 2.13 bits per heavy atom. The molecule has 0 radical (unpaired) electrons. The van der Waals surface area contributed by atoms with Gasteiger partial charge in [-0.15, -0.1) is 0 Å². The van der Waals surface area contributed by atoms with Crippen LogP contribution in [-0.2, 0) is 0 Å². The van der Waals surface area contributed by atoms with Gasteiger partial charge in [0.2, 0.25) is 0 Å². The maximum Gasteiger partial charge on any atom is 0.288 e. The predicted molar refractivity (Wildman–Crippen MR) is 115 cm³/mol. The normalized spacial score (nSPS) is 12.6. The summed E-state index contributed by atoms with van der Waals surface area (Å²) in [6, 6.07) is 14.4. The van der Waals surface area contributed by atoms with Crippen molar-refractivity contribution in [3.63, 3.8) is 0 Å². The maximum absolute atomic E-state index is 12.6. The Labute approximate surface area is 185 Å². The number of nitro benzene ring substituents is 1. The maximum atomic E-state index is 12.6. The average Bonchev–Trinajstić information content (AvgIpc) is 3.00. The number of fused-ring (bicyclic) bond motifs is 1. The number of nitro groups is 1. The van der Waals surface area contributed by atoms with Crippen LogP contribution in [0.4, 0.5) is 17.1 Å². The van der Waals surface area contributed by atoms with Gasteiger partial charge in [0.1, 0.15) is 5.02 Å². The third-order valence-corrected chi connectivity index (χ3v) is 5.29. The van der Waals surface area contributed by atoms with Crippen LogP contribution in [0.1, 0.15) is 31.1 Å². The summed E-state index contributed by atoms with van der Waals surface area (Å²) >= 11 is 12.0. The van der Waals surface area contributed by atoms with Crippen LogP contribution < -0.4 is 10.2 Å². The minimum atomic E-state index is -0.692. The summed E-state index contributed by atoms with van der Waals surface area (Å²) in [5.74, 6) is -1.58. The minimum absolute atomic E-state index is 0.0107. The highest BCUT2D eigenvalue weighted by Gasteiger charge is 2.36. The first-order valence-electron chi connectivity index (χ1n) is 8.80. The van der Waals surface area contributed by atoms with E-state index in [1.807, 2.05) is 0 Å². The number of benzene rings is 3. The minimum Gasteiger partial charge on any atom is -0.321 e. The number of imide groups is 1. The molecule has 0 unspecified atom stereocenters. The van der Waals surface area contributed by atoms with Gasteiger partial charge in [0.05, 0.1) is 32.4 Å². The molecule has 31 heavy (non-hydrogen) atoms.